The van der Waals surface area contributed by atoms with Gasteiger partial charge in [-0.15, -0.1) is 11.3 Å². The van der Waals surface area contributed by atoms with E-state index in [1.807, 2.05) is 0 Å². The summed E-state index contributed by atoms with van der Waals surface area (Å²) in [7, 11) is 0. The zero-order valence-electron chi connectivity index (χ0n) is 9.02. The summed E-state index contributed by atoms with van der Waals surface area (Å²) in [5.41, 5.74) is 0. The topological polar surface area (TPSA) is 0 Å². The molecule has 0 nitrogen and oxygen atoms in total. The molecule has 1 atom stereocenters. The first-order chi connectivity index (χ1) is 7.66. The van der Waals surface area contributed by atoms with Gasteiger partial charge in [-0.3, -0.25) is 0 Å². The van der Waals surface area contributed by atoms with Crippen LogP contribution < -0.4 is 0 Å². The molecule has 16 heavy (non-hydrogen) atoms. The second-order valence-electron chi connectivity index (χ2n) is 4.47. The van der Waals surface area contributed by atoms with E-state index in [9.17, 15) is 0 Å². The first kappa shape index (κ1) is 13.4. The molecular weight excluding hydrogens is 371 g/mol. The molecule has 90 valence electrons. The van der Waals surface area contributed by atoms with Crippen molar-refractivity contribution in [3.63, 3.8) is 0 Å². The summed E-state index contributed by atoms with van der Waals surface area (Å²) in [5.74, 6) is 0.971. The van der Waals surface area contributed by atoms with E-state index in [4.69, 9.17) is 11.6 Å². The lowest BCUT2D eigenvalue weighted by atomic mass is 10.0. The molecule has 4 heteroatoms. The fourth-order valence-electron chi connectivity index (χ4n) is 2.34. The normalized spacial score (nSPS) is 19.2. The summed E-state index contributed by atoms with van der Waals surface area (Å²) in [6, 6.07) is 2.07. The summed E-state index contributed by atoms with van der Waals surface area (Å²) in [4.78, 5) is 1.82. The highest BCUT2D eigenvalue weighted by atomic mass is 79.9. The zero-order chi connectivity index (χ0) is 11.5. The van der Waals surface area contributed by atoms with Gasteiger partial charge in [0.25, 0.3) is 0 Å². The van der Waals surface area contributed by atoms with Gasteiger partial charge < -0.3 is 0 Å². The molecule has 0 radical (unpaired) electrons. The fraction of sp³-hybridized carbons (Fsp3) is 0.667. The van der Waals surface area contributed by atoms with Gasteiger partial charge in [-0.25, -0.2) is 0 Å². The van der Waals surface area contributed by atoms with Crippen molar-refractivity contribution in [1.82, 2.24) is 0 Å². The van der Waals surface area contributed by atoms with E-state index in [-0.39, 0.29) is 0 Å². The summed E-state index contributed by atoms with van der Waals surface area (Å²) in [5, 5.41) is 0.838. The zero-order valence-corrected chi connectivity index (χ0v) is 13.8. The smallest absolute Gasteiger partial charge is 0.0887 e. The largest absolute Gasteiger partial charge is 0.130 e. The van der Waals surface area contributed by atoms with Crippen LogP contribution in [0.3, 0.4) is 0 Å². The van der Waals surface area contributed by atoms with Gasteiger partial charge in [-0.1, -0.05) is 53.2 Å². The Bertz CT molecular complexity index is 325. The van der Waals surface area contributed by atoms with Gasteiger partial charge in [-0.05, 0) is 40.8 Å². The average molecular weight is 387 g/mol. The van der Waals surface area contributed by atoms with Crippen LogP contribution in [0.2, 0.25) is 5.02 Å². The van der Waals surface area contributed by atoms with Crippen LogP contribution in [0.15, 0.2) is 9.85 Å². The summed E-state index contributed by atoms with van der Waals surface area (Å²) < 4.78 is 1.05. The van der Waals surface area contributed by atoms with Gasteiger partial charge in [0.1, 0.15) is 0 Å². The Labute approximate surface area is 123 Å². The number of alkyl halides is 1. The van der Waals surface area contributed by atoms with Gasteiger partial charge in [0, 0.05) is 9.70 Å². The number of halogens is 3. The molecule has 1 heterocycles. The van der Waals surface area contributed by atoms with Gasteiger partial charge in [0.05, 0.1) is 8.81 Å². The Morgan fingerprint density at radius 1 is 1.44 bits per heavy atom. The van der Waals surface area contributed by atoms with E-state index >= 15 is 0 Å². The van der Waals surface area contributed by atoms with Crippen LogP contribution in [-0.2, 0) is 0 Å². The molecule has 0 N–H and O–H groups in total. The second-order valence-corrected chi connectivity index (χ2v) is 8.38. The molecule has 1 saturated carbocycles. The van der Waals surface area contributed by atoms with E-state index in [2.05, 4.69) is 37.9 Å². The highest BCUT2D eigenvalue weighted by Gasteiger charge is 2.18. The standard InChI is InChI=1S/C12H15Br2ClS/c13-9(6-5-8-3-1-2-4-8)11-7-10(15)12(14)16-11/h7-9H,1-6H2. The Balaban J connectivity index is 1.84. The van der Waals surface area contributed by atoms with Crippen LogP contribution in [0.4, 0.5) is 0 Å². The molecule has 0 aromatic carbocycles. The molecule has 1 aromatic rings. The minimum atomic E-state index is 0.474. The lowest BCUT2D eigenvalue weighted by Crippen LogP contribution is -1.95. The molecule has 0 aliphatic heterocycles. The van der Waals surface area contributed by atoms with Crippen LogP contribution in [-0.4, -0.2) is 0 Å². The average Bonchev–Trinajstić information content (AvgIpc) is 2.86. The van der Waals surface area contributed by atoms with Crippen molar-refractivity contribution in [3.8, 4) is 0 Å². The quantitative estimate of drug-likeness (QED) is 0.513. The third-order valence-electron chi connectivity index (χ3n) is 3.28. The third-order valence-corrected chi connectivity index (χ3v) is 7.12. The number of thiophene rings is 1. The lowest BCUT2D eigenvalue weighted by Gasteiger charge is -2.11. The molecule has 1 aliphatic carbocycles. The Morgan fingerprint density at radius 3 is 2.69 bits per heavy atom. The molecular formula is C12H15Br2ClS. The van der Waals surface area contributed by atoms with Crippen molar-refractivity contribution >= 4 is 54.8 Å². The minimum Gasteiger partial charge on any atom is -0.130 e. The molecule has 0 spiro atoms. The van der Waals surface area contributed by atoms with Gasteiger partial charge in [-0.2, -0.15) is 0 Å². The van der Waals surface area contributed by atoms with Crippen LogP contribution in [0.1, 0.15) is 48.2 Å². The van der Waals surface area contributed by atoms with E-state index in [0.717, 1.165) is 14.7 Å². The van der Waals surface area contributed by atoms with Crippen molar-refractivity contribution in [3.05, 3.63) is 19.8 Å². The Hall–Kier alpha value is 0.950. The van der Waals surface area contributed by atoms with Crippen LogP contribution in [0.25, 0.3) is 0 Å². The molecule has 1 aliphatic rings. The van der Waals surface area contributed by atoms with Gasteiger partial charge >= 0.3 is 0 Å². The number of hydrogen-bond acceptors (Lipinski definition) is 1. The molecule has 0 bridgehead atoms. The number of rotatable bonds is 4. The summed E-state index contributed by atoms with van der Waals surface area (Å²) >= 11 is 15.0. The molecule has 2 rings (SSSR count). The first-order valence-electron chi connectivity index (χ1n) is 5.75. The van der Waals surface area contributed by atoms with Crippen molar-refractivity contribution < 1.29 is 0 Å². The number of hydrogen-bond donors (Lipinski definition) is 0. The maximum atomic E-state index is 6.04. The van der Waals surface area contributed by atoms with E-state index in [1.165, 1.54) is 43.4 Å². The first-order valence-corrected chi connectivity index (χ1v) is 8.66. The Kier molecular flexibility index (Phi) is 5.20. The van der Waals surface area contributed by atoms with Gasteiger partial charge in [0.2, 0.25) is 0 Å². The molecule has 1 unspecified atom stereocenters. The van der Waals surface area contributed by atoms with E-state index < -0.39 is 0 Å². The van der Waals surface area contributed by atoms with Gasteiger partial charge in [0.15, 0.2) is 0 Å². The van der Waals surface area contributed by atoms with Crippen molar-refractivity contribution in [1.29, 1.82) is 0 Å². The third kappa shape index (κ3) is 3.47. The van der Waals surface area contributed by atoms with Crippen molar-refractivity contribution in [2.45, 2.75) is 43.4 Å². The second kappa shape index (κ2) is 6.21. The molecule has 0 amide bonds. The molecule has 0 saturated heterocycles. The SMILES string of the molecule is Clc1cc(C(Br)CCC2CCCC2)sc1Br. The minimum absolute atomic E-state index is 0.474. The van der Waals surface area contributed by atoms with Crippen molar-refractivity contribution in [2.75, 3.05) is 0 Å². The van der Waals surface area contributed by atoms with E-state index in [1.54, 1.807) is 11.3 Å². The highest BCUT2D eigenvalue weighted by molar-refractivity contribution is 9.11. The monoisotopic (exact) mass is 384 g/mol. The maximum Gasteiger partial charge on any atom is 0.0887 e. The molecule has 1 aromatic heterocycles. The maximum absolute atomic E-state index is 6.04. The highest BCUT2D eigenvalue weighted by Crippen LogP contribution is 2.41. The van der Waals surface area contributed by atoms with Crippen LogP contribution in [0, 0.1) is 5.92 Å². The van der Waals surface area contributed by atoms with Crippen molar-refractivity contribution in [2.24, 2.45) is 5.92 Å². The van der Waals surface area contributed by atoms with Crippen LogP contribution >= 0.6 is 54.8 Å². The fourth-order valence-corrected chi connectivity index (χ4v) is 4.78. The predicted molar refractivity (Wildman–Crippen MR) is 79.9 cm³/mol. The predicted octanol–water partition coefficient (Wildman–Crippen LogP) is 6.57. The van der Waals surface area contributed by atoms with Crippen LogP contribution in [0.5, 0.6) is 0 Å². The van der Waals surface area contributed by atoms with E-state index in [0.29, 0.717) is 4.83 Å². The Morgan fingerprint density at radius 2 is 2.12 bits per heavy atom. The summed E-state index contributed by atoms with van der Waals surface area (Å²) in [6.45, 7) is 0. The molecule has 1 fully saturated rings. The summed E-state index contributed by atoms with van der Waals surface area (Å²) in [6.07, 6.45) is 8.34. The lowest BCUT2D eigenvalue weighted by molar-refractivity contribution is 0.484.